The van der Waals surface area contributed by atoms with Gasteiger partial charge < -0.3 is 5.32 Å². The van der Waals surface area contributed by atoms with Crippen molar-refractivity contribution in [1.29, 1.82) is 0 Å². The zero-order valence-corrected chi connectivity index (χ0v) is 14.3. The normalized spacial score (nSPS) is 10.4. The third-order valence-electron chi connectivity index (χ3n) is 3.48. The summed E-state index contributed by atoms with van der Waals surface area (Å²) in [7, 11) is 0. The molecule has 1 aromatic heterocycles. The zero-order valence-electron chi connectivity index (χ0n) is 13.5. The lowest BCUT2D eigenvalue weighted by Gasteiger charge is -2.07. The van der Waals surface area contributed by atoms with Crippen molar-refractivity contribution in [2.45, 2.75) is 12.1 Å². The minimum atomic E-state index is -0.331. The molecule has 3 rings (SSSR count). The summed E-state index contributed by atoms with van der Waals surface area (Å²) in [5.74, 6) is -0.0435. The quantitative estimate of drug-likeness (QED) is 0.690. The summed E-state index contributed by atoms with van der Waals surface area (Å²) in [5.41, 5.74) is 2.38. The van der Waals surface area contributed by atoms with Gasteiger partial charge in [-0.1, -0.05) is 60.3 Å². The van der Waals surface area contributed by atoms with Gasteiger partial charge in [0.05, 0.1) is 5.75 Å². The number of nitrogens with zero attached hydrogens (tertiary/aromatic N) is 2. The van der Waals surface area contributed by atoms with Crippen molar-refractivity contribution < 1.29 is 4.79 Å². The van der Waals surface area contributed by atoms with Gasteiger partial charge in [-0.15, -0.1) is 10.2 Å². The van der Waals surface area contributed by atoms with Crippen molar-refractivity contribution in [2.24, 2.45) is 0 Å². The van der Waals surface area contributed by atoms with Gasteiger partial charge in [0.1, 0.15) is 0 Å². The average Bonchev–Trinajstić information content (AvgIpc) is 2.63. The number of carbonyl (C=O) groups is 1. The Hall–Kier alpha value is -2.93. The van der Waals surface area contributed by atoms with Gasteiger partial charge in [0.2, 0.25) is 5.91 Å². The van der Waals surface area contributed by atoms with Crippen LogP contribution in [0.25, 0.3) is 11.3 Å². The second kappa shape index (κ2) is 7.76. The maximum atomic E-state index is 12.1. The number of para-hydroxylation sites is 1. The van der Waals surface area contributed by atoms with Crippen LogP contribution < -0.4 is 10.9 Å². The van der Waals surface area contributed by atoms with Crippen molar-refractivity contribution in [3.05, 3.63) is 70.5 Å². The van der Waals surface area contributed by atoms with Crippen molar-refractivity contribution >= 4 is 23.4 Å². The number of H-pyrrole nitrogens is 1. The second-order valence-corrected chi connectivity index (χ2v) is 6.29. The van der Waals surface area contributed by atoms with Gasteiger partial charge >= 0.3 is 0 Å². The van der Waals surface area contributed by atoms with E-state index >= 15 is 0 Å². The molecule has 7 heteroatoms. The van der Waals surface area contributed by atoms with Gasteiger partial charge in [0.25, 0.3) is 5.56 Å². The van der Waals surface area contributed by atoms with Gasteiger partial charge in [0.15, 0.2) is 10.9 Å². The maximum Gasteiger partial charge on any atom is 0.278 e. The topological polar surface area (TPSA) is 87.7 Å². The molecule has 2 aromatic carbocycles. The van der Waals surface area contributed by atoms with E-state index in [1.165, 1.54) is 0 Å². The van der Waals surface area contributed by atoms with Crippen molar-refractivity contribution in [2.75, 3.05) is 11.1 Å². The first-order valence-corrected chi connectivity index (χ1v) is 8.63. The molecule has 1 amide bonds. The summed E-state index contributed by atoms with van der Waals surface area (Å²) in [6, 6.07) is 16.6. The van der Waals surface area contributed by atoms with Gasteiger partial charge in [-0.25, -0.2) is 0 Å². The fourth-order valence-electron chi connectivity index (χ4n) is 2.21. The third kappa shape index (κ3) is 4.33. The highest BCUT2D eigenvalue weighted by atomic mass is 32.2. The van der Waals surface area contributed by atoms with Crippen LogP contribution in [-0.4, -0.2) is 26.8 Å². The summed E-state index contributed by atoms with van der Waals surface area (Å²) < 4.78 is 0. The zero-order chi connectivity index (χ0) is 17.6. The van der Waals surface area contributed by atoms with Crippen LogP contribution in [0.3, 0.4) is 0 Å². The summed E-state index contributed by atoms with van der Waals surface area (Å²) in [6.07, 6.45) is 0. The Morgan fingerprint density at radius 1 is 1.08 bits per heavy atom. The number of aryl methyl sites for hydroxylation is 1. The molecule has 2 N–H and O–H groups in total. The van der Waals surface area contributed by atoms with Gasteiger partial charge in [-0.3, -0.25) is 14.6 Å². The first-order valence-electron chi connectivity index (χ1n) is 7.64. The van der Waals surface area contributed by atoms with Crippen LogP contribution in [0.5, 0.6) is 0 Å². The lowest BCUT2D eigenvalue weighted by molar-refractivity contribution is -0.113. The van der Waals surface area contributed by atoms with E-state index in [4.69, 9.17) is 0 Å². The van der Waals surface area contributed by atoms with E-state index in [1.807, 2.05) is 49.4 Å². The van der Waals surface area contributed by atoms with Gasteiger partial charge in [-0.2, -0.15) is 0 Å². The Kier molecular flexibility index (Phi) is 5.25. The molecule has 1 heterocycles. The van der Waals surface area contributed by atoms with Crippen LogP contribution in [0, 0.1) is 6.92 Å². The van der Waals surface area contributed by atoms with Crippen LogP contribution in [0.2, 0.25) is 0 Å². The maximum absolute atomic E-state index is 12.1. The number of benzene rings is 2. The van der Waals surface area contributed by atoms with E-state index in [2.05, 4.69) is 20.5 Å². The Morgan fingerprint density at radius 3 is 2.52 bits per heavy atom. The summed E-state index contributed by atoms with van der Waals surface area (Å²) >= 11 is 1.13. The summed E-state index contributed by atoms with van der Waals surface area (Å²) in [6.45, 7) is 1.92. The number of anilines is 1. The number of nitrogens with one attached hydrogen (secondary N) is 2. The molecule has 3 aromatic rings. The highest BCUT2D eigenvalue weighted by Gasteiger charge is 2.10. The van der Waals surface area contributed by atoms with Crippen LogP contribution in [0.1, 0.15) is 5.56 Å². The molecule has 0 aliphatic carbocycles. The van der Waals surface area contributed by atoms with E-state index in [9.17, 15) is 9.59 Å². The Morgan fingerprint density at radius 2 is 1.80 bits per heavy atom. The molecule has 0 aliphatic heterocycles. The standard InChI is InChI=1S/C18H16N4O2S/c1-12-7-5-6-10-14(12)19-15(23)11-25-18-20-17(24)16(21-22-18)13-8-3-2-4-9-13/h2-10H,11H2,1H3,(H,19,23)(H,20,22,24). The summed E-state index contributed by atoms with van der Waals surface area (Å²) in [4.78, 5) is 26.8. The first-order chi connectivity index (χ1) is 12.1. The molecule has 0 saturated heterocycles. The second-order valence-electron chi connectivity index (χ2n) is 5.33. The minimum Gasteiger partial charge on any atom is -0.325 e. The average molecular weight is 352 g/mol. The Balaban J connectivity index is 1.64. The number of amides is 1. The number of aromatic amines is 1. The molecular weight excluding hydrogens is 336 g/mol. The molecule has 0 bridgehead atoms. The predicted octanol–water partition coefficient (Wildman–Crippen LogP) is 2.87. The van der Waals surface area contributed by atoms with Crippen molar-refractivity contribution in [3.8, 4) is 11.3 Å². The first kappa shape index (κ1) is 16.9. The number of rotatable bonds is 5. The molecule has 0 unspecified atom stereocenters. The van der Waals surface area contributed by atoms with E-state index in [0.717, 1.165) is 23.0 Å². The Bertz CT molecular complexity index is 941. The van der Waals surface area contributed by atoms with Crippen molar-refractivity contribution in [1.82, 2.24) is 15.2 Å². The fourth-order valence-corrected chi connectivity index (χ4v) is 2.81. The third-order valence-corrected chi connectivity index (χ3v) is 4.35. The van der Waals surface area contributed by atoms with E-state index in [-0.39, 0.29) is 22.9 Å². The summed E-state index contributed by atoms with van der Waals surface area (Å²) in [5, 5.41) is 11.1. The SMILES string of the molecule is Cc1ccccc1NC(=O)CSc1nnc(-c2ccccc2)c(=O)[nH]1. The smallest absolute Gasteiger partial charge is 0.278 e. The molecule has 6 nitrogen and oxygen atoms in total. The monoisotopic (exact) mass is 352 g/mol. The fraction of sp³-hybridized carbons (Fsp3) is 0.111. The van der Waals surface area contributed by atoms with Gasteiger partial charge in [-0.05, 0) is 18.6 Å². The van der Waals surface area contributed by atoms with Crippen molar-refractivity contribution in [3.63, 3.8) is 0 Å². The lowest BCUT2D eigenvalue weighted by atomic mass is 10.2. The van der Waals surface area contributed by atoms with Crippen LogP contribution >= 0.6 is 11.8 Å². The molecule has 0 aliphatic rings. The van der Waals surface area contributed by atoms with E-state index in [1.54, 1.807) is 12.1 Å². The highest BCUT2D eigenvalue weighted by molar-refractivity contribution is 7.99. The van der Waals surface area contributed by atoms with Crippen LogP contribution in [0.4, 0.5) is 5.69 Å². The molecule has 0 fully saturated rings. The number of carbonyl (C=O) groups excluding carboxylic acids is 1. The molecule has 126 valence electrons. The number of aromatic nitrogens is 3. The highest BCUT2D eigenvalue weighted by Crippen LogP contribution is 2.16. The largest absolute Gasteiger partial charge is 0.325 e. The lowest BCUT2D eigenvalue weighted by Crippen LogP contribution is -2.17. The molecule has 0 spiro atoms. The molecule has 0 saturated carbocycles. The molecule has 25 heavy (non-hydrogen) atoms. The number of hydrogen-bond acceptors (Lipinski definition) is 5. The predicted molar refractivity (Wildman–Crippen MR) is 98.6 cm³/mol. The molecule has 0 radical (unpaired) electrons. The minimum absolute atomic E-state index is 0.129. The van der Waals surface area contributed by atoms with E-state index in [0.29, 0.717) is 10.7 Å². The van der Waals surface area contributed by atoms with Crippen LogP contribution in [0.15, 0.2) is 64.5 Å². The van der Waals surface area contributed by atoms with Crippen LogP contribution in [-0.2, 0) is 4.79 Å². The van der Waals surface area contributed by atoms with E-state index < -0.39 is 0 Å². The molecule has 0 atom stereocenters. The number of hydrogen-bond donors (Lipinski definition) is 2. The number of thioether (sulfide) groups is 1. The van der Waals surface area contributed by atoms with Gasteiger partial charge in [0, 0.05) is 11.3 Å². The Labute approximate surface area is 148 Å². The molecular formula is C18H16N4O2S.